The minimum Gasteiger partial charge on any atom is -0.294 e. The molecule has 0 saturated heterocycles. The smallest absolute Gasteiger partial charge is 0.170 e. The lowest BCUT2D eigenvalue weighted by atomic mass is 10.0. The molecule has 0 aliphatic rings. The molecule has 1 nitrogen and oxygen atoms in total. The van der Waals surface area contributed by atoms with Crippen molar-refractivity contribution in [3.05, 3.63) is 70.2 Å². The normalized spacial score (nSPS) is 10.4. The molecule has 0 atom stereocenters. The molecule has 0 aliphatic heterocycles. The Morgan fingerprint density at radius 1 is 1.06 bits per heavy atom. The lowest BCUT2D eigenvalue weighted by Gasteiger charge is -2.04. The summed E-state index contributed by atoms with van der Waals surface area (Å²) < 4.78 is 26.9. The van der Waals surface area contributed by atoms with Gasteiger partial charge in [-0.2, -0.15) is 0 Å². The van der Waals surface area contributed by atoms with E-state index in [-0.39, 0.29) is 22.6 Å². The van der Waals surface area contributed by atoms with Gasteiger partial charge in [-0.15, -0.1) is 0 Å². The van der Waals surface area contributed by atoms with Gasteiger partial charge < -0.3 is 0 Å². The van der Waals surface area contributed by atoms with Crippen molar-refractivity contribution >= 4 is 17.4 Å². The van der Waals surface area contributed by atoms with Crippen LogP contribution >= 0.6 is 11.6 Å². The minimum absolute atomic E-state index is 0.0809. The largest absolute Gasteiger partial charge is 0.294 e. The Hall–Kier alpha value is -1.74. The van der Waals surface area contributed by atoms with Gasteiger partial charge in [-0.1, -0.05) is 29.8 Å². The van der Waals surface area contributed by atoms with E-state index in [1.807, 2.05) is 0 Å². The van der Waals surface area contributed by atoms with E-state index in [1.54, 1.807) is 6.07 Å². The second-order valence-corrected chi connectivity index (χ2v) is 4.25. The van der Waals surface area contributed by atoms with E-state index in [1.165, 1.54) is 30.3 Å². The number of Topliss-reactive ketones (excluding diaryl/α,β-unsaturated/α-hetero) is 1. The summed E-state index contributed by atoms with van der Waals surface area (Å²) in [6.07, 6.45) is -0.175. The summed E-state index contributed by atoms with van der Waals surface area (Å²) in [6, 6.07) is 9.73. The van der Waals surface area contributed by atoms with Crippen LogP contribution in [0.5, 0.6) is 0 Å². The van der Waals surface area contributed by atoms with Crippen LogP contribution in [0, 0.1) is 11.6 Å². The Kier molecular flexibility index (Phi) is 3.72. The third-order valence-electron chi connectivity index (χ3n) is 2.54. The van der Waals surface area contributed by atoms with Gasteiger partial charge in [0.25, 0.3) is 0 Å². The molecule has 2 aromatic rings. The molecule has 2 aromatic carbocycles. The molecule has 2 rings (SSSR count). The topological polar surface area (TPSA) is 17.1 Å². The van der Waals surface area contributed by atoms with Crippen LogP contribution in [0.25, 0.3) is 0 Å². The van der Waals surface area contributed by atoms with Crippen LogP contribution in [0.3, 0.4) is 0 Å². The van der Waals surface area contributed by atoms with Gasteiger partial charge in [0.05, 0.1) is 5.56 Å². The van der Waals surface area contributed by atoms with Crippen LogP contribution in [-0.4, -0.2) is 5.78 Å². The first-order chi connectivity index (χ1) is 8.58. The minimum atomic E-state index is -0.691. The SMILES string of the molecule is O=C(Cc1ccccc1F)c1ccc(Cl)cc1F. The van der Waals surface area contributed by atoms with Crippen LogP contribution in [0.2, 0.25) is 5.02 Å². The van der Waals surface area contributed by atoms with Crippen LogP contribution in [0.15, 0.2) is 42.5 Å². The monoisotopic (exact) mass is 266 g/mol. The van der Waals surface area contributed by atoms with Gasteiger partial charge in [-0.25, -0.2) is 8.78 Å². The van der Waals surface area contributed by atoms with E-state index in [2.05, 4.69) is 0 Å². The lowest BCUT2D eigenvalue weighted by molar-refractivity contribution is 0.0988. The average molecular weight is 267 g/mol. The molecule has 0 N–H and O–H groups in total. The maximum Gasteiger partial charge on any atom is 0.170 e. The highest BCUT2D eigenvalue weighted by atomic mass is 35.5. The third-order valence-corrected chi connectivity index (χ3v) is 2.78. The fourth-order valence-corrected chi connectivity index (χ4v) is 1.78. The summed E-state index contributed by atoms with van der Waals surface area (Å²) >= 11 is 5.60. The molecule has 4 heteroatoms. The number of hydrogen-bond donors (Lipinski definition) is 0. The Labute approximate surface area is 108 Å². The van der Waals surface area contributed by atoms with Gasteiger partial charge in [-0.05, 0) is 29.8 Å². The second kappa shape index (κ2) is 5.27. The first-order valence-electron chi connectivity index (χ1n) is 5.29. The summed E-state index contributed by atoms with van der Waals surface area (Å²) in [6.45, 7) is 0. The van der Waals surface area contributed by atoms with E-state index < -0.39 is 17.4 Å². The highest BCUT2D eigenvalue weighted by molar-refractivity contribution is 6.30. The number of benzene rings is 2. The number of halogens is 3. The molecule has 0 amide bonds. The fourth-order valence-electron chi connectivity index (χ4n) is 1.63. The highest BCUT2D eigenvalue weighted by Crippen LogP contribution is 2.17. The van der Waals surface area contributed by atoms with Gasteiger partial charge >= 0.3 is 0 Å². The molecular weight excluding hydrogens is 258 g/mol. The molecule has 92 valence electrons. The van der Waals surface area contributed by atoms with Crippen molar-refractivity contribution in [1.29, 1.82) is 0 Å². The molecule has 0 aliphatic carbocycles. The molecular formula is C14H9ClF2O. The van der Waals surface area contributed by atoms with Crippen LogP contribution in [-0.2, 0) is 6.42 Å². The molecule has 0 fully saturated rings. The van der Waals surface area contributed by atoms with Crippen molar-refractivity contribution in [1.82, 2.24) is 0 Å². The highest BCUT2D eigenvalue weighted by Gasteiger charge is 2.14. The van der Waals surface area contributed by atoms with Crippen LogP contribution in [0.4, 0.5) is 8.78 Å². The number of ketones is 1. The van der Waals surface area contributed by atoms with Gasteiger partial charge in [-0.3, -0.25) is 4.79 Å². The van der Waals surface area contributed by atoms with Gasteiger partial charge in [0, 0.05) is 11.4 Å². The quantitative estimate of drug-likeness (QED) is 0.766. The van der Waals surface area contributed by atoms with Crippen molar-refractivity contribution in [2.75, 3.05) is 0 Å². The summed E-state index contributed by atoms with van der Waals surface area (Å²) in [5.74, 6) is -1.64. The third kappa shape index (κ3) is 2.74. The zero-order valence-electron chi connectivity index (χ0n) is 9.29. The first kappa shape index (κ1) is 12.7. The summed E-state index contributed by atoms with van der Waals surface area (Å²) in [4.78, 5) is 11.8. The van der Waals surface area contributed by atoms with Crippen LogP contribution in [0.1, 0.15) is 15.9 Å². The molecule has 0 spiro atoms. The molecule has 0 unspecified atom stereocenters. The number of carbonyl (C=O) groups is 1. The molecule has 0 aromatic heterocycles. The molecule has 0 heterocycles. The maximum atomic E-state index is 13.5. The zero-order valence-corrected chi connectivity index (χ0v) is 10.0. The van der Waals surface area contributed by atoms with E-state index in [9.17, 15) is 13.6 Å². The predicted octanol–water partition coefficient (Wildman–Crippen LogP) is 4.04. The molecule has 0 saturated carbocycles. The Bertz CT molecular complexity index is 596. The summed E-state index contributed by atoms with van der Waals surface area (Å²) in [5.41, 5.74) is 0.166. The van der Waals surface area contributed by atoms with Crippen LogP contribution < -0.4 is 0 Å². The van der Waals surface area contributed by atoms with Gasteiger partial charge in [0.15, 0.2) is 5.78 Å². The summed E-state index contributed by atoms with van der Waals surface area (Å²) in [5, 5.41) is 0.218. The Morgan fingerprint density at radius 3 is 2.44 bits per heavy atom. The van der Waals surface area contributed by atoms with E-state index in [0.29, 0.717) is 0 Å². The summed E-state index contributed by atoms with van der Waals surface area (Å²) in [7, 11) is 0. The Balaban J connectivity index is 2.25. The van der Waals surface area contributed by atoms with Gasteiger partial charge in [0.1, 0.15) is 11.6 Å². The standard InChI is InChI=1S/C14H9ClF2O/c15-10-5-6-11(13(17)8-10)14(18)7-9-3-1-2-4-12(9)16/h1-6,8H,7H2. The van der Waals surface area contributed by atoms with E-state index >= 15 is 0 Å². The van der Waals surface area contributed by atoms with Crippen molar-refractivity contribution in [2.45, 2.75) is 6.42 Å². The van der Waals surface area contributed by atoms with Crippen molar-refractivity contribution in [2.24, 2.45) is 0 Å². The molecule has 0 bridgehead atoms. The van der Waals surface area contributed by atoms with E-state index in [0.717, 1.165) is 6.07 Å². The molecule has 18 heavy (non-hydrogen) atoms. The van der Waals surface area contributed by atoms with Crippen molar-refractivity contribution < 1.29 is 13.6 Å². The number of rotatable bonds is 3. The Morgan fingerprint density at radius 2 is 1.78 bits per heavy atom. The lowest BCUT2D eigenvalue weighted by Crippen LogP contribution is -2.07. The predicted molar refractivity (Wildman–Crippen MR) is 65.8 cm³/mol. The zero-order chi connectivity index (χ0) is 13.1. The number of carbonyl (C=O) groups excluding carboxylic acids is 1. The van der Waals surface area contributed by atoms with E-state index in [4.69, 9.17) is 11.6 Å². The average Bonchev–Trinajstić information content (AvgIpc) is 2.32. The second-order valence-electron chi connectivity index (χ2n) is 3.82. The number of hydrogen-bond acceptors (Lipinski definition) is 1. The maximum absolute atomic E-state index is 13.5. The fraction of sp³-hybridized carbons (Fsp3) is 0.0714. The van der Waals surface area contributed by atoms with Gasteiger partial charge in [0.2, 0.25) is 0 Å². The van der Waals surface area contributed by atoms with Crippen molar-refractivity contribution in [3.63, 3.8) is 0 Å². The first-order valence-corrected chi connectivity index (χ1v) is 5.67. The van der Waals surface area contributed by atoms with Crippen molar-refractivity contribution in [3.8, 4) is 0 Å². The molecule has 0 radical (unpaired) electrons.